The predicted molar refractivity (Wildman–Crippen MR) is 54.3 cm³/mol. The van der Waals surface area contributed by atoms with Crippen molar-refractivity contribution in [1.29, 1.82) is 0 Å². The first kappa shape index (κ1) is 11.4. The molecule has 0 atom stereocenters. The fourth-order valence-electron chi connectivity index (χ4n) is 0.759. The van der Waals surface area contributed by atoms with Gasteiger partial charge in [0.05, 0.1) is 0 Å². The molecule has 11 heavy (non-hydrogen) atoms. The molecule has 0 aliphatic heterocycles. The van der Waals surface area contributed by atoms with Crippen LogP contribution in [-0.4, -0.2) is 0 Å². The maximum absolute atomic E-state index is 2.28. The van der Waals surface area contributed by atoms with Crippen molar-refractivity contribution in [1.82, 2.24) is 0 Å². The molecule has 0 N–H and O–H groups in total. The molecule has 0 bridgehead atoms. The van der Waals surface area contributed by atoms with E-state index in [1.165, 1.54) is 25.9 Å². The molecule has 0 saturated carbocycles. The first-order chi connectivity index (χ1) is 5.33. The average molecular weight is 311 g/mol. The molecule has 0 nitrogen and oxygen atoms in total. The zero-order chi connectivity index (χ0) is 8.69. The Morgan fingerprint density at radius 2 is 1.64 bits per heavy atom. The first-order valence-electron chi connectivity index (χ1n) is 3.45. The van der Waals surface area contributed by atoms with E-state index in [0.717, 1.165) is 0 Å². The molecule has 1 aromatic carbocycles. The van der Waals surface area contributed by atoms with Crippen molar-refractivity contribution in [2.45, 2.75) is 13.8 Å². The van der Waals surface area contributed by atoms with Gasteiger partial charge in [-0.15, -0.1) is 12.1 Å². The number of benzene rings is 1. The Hall–Kier alpha value is 0.443. The normalized spacial score (nSPS) is 8.09. The van der Waals surface area contributed by atoms with E-state index in [2.05, 4.69) is 57.4 Å². The fraction of sp³-hybridized carbons (Fsp3) is 0.222. The second-order valence-corrected chi connectivity index (χ2v) is 2.20. The summed E-state index contributed by atoms with van der Waals surface area (Å²) in [7, 11) is 0. The van der Waals surface area contributed by atoms with E-state index in [0.29, 0.717) is 0 Å². The van der Waals surface area contributed by atoms with Gasteiger partial charge in [0.15, 0.2) is 0 Å². The van der Waals surface area contributed by atoms with Crippen molar-refractivity contribution in [3.8, 4) is 0 Å². The van der Waals surface area contributed by atoms with E-state index in [1.807, 2.05) is 6.92 Å². The zero-order valence-electron chi connectivity index (χ0n) is 6.97. The second kappa shape index (κ2) is 7.11. The Labute approximate surface area is 89.6 Å². The van der Waals surface area contributed by atoms with Crippen LogP contribution in [-0.2, 0) is 14.8 Å². The third-order valence-electron chi connectivity index (χ3n) is 1.41. The van der Waals surface area contributed by atoms with Crippen LogP contribution >= 0.6 is 19.8 Å². The molecule has 0 saturated heterocycles. The van der Waals surface area contributed by atoms with Crippen LogP contribution in [0.1, 0.15) is 18.1 Å². The Bertz CT molecular complexity index is 181. The van der Waals surface area contributed by atoms with E-state index in [-0.39, 0.29) is 0 Å². The van der Waals surface area contributed by atoms with Crippen molar-refractivity contribution < 1.29 is 14.8 Å². The van der Waals surface area contributed by atoms with Gasteiger partial charge < -0.3 is 0 Å². The number of aryl methyl sites for hydroxylation is 1. The van der Waals surface area contributed by atoms with Crippen LogP contribution in [0.3, 0.4) is 0 Å². The van der Waals surface area contributed by atoms with Gasteiger partial charge in [-0.3, -0.25) is 0 Å². The van der Waals surface area contributed by atoms with Gasteiger partial charge in [0.25, 0.3) is 0 Å². The van der Waals surface area contributed by atoms with Crippen molar-refractivity contribution in [3.63, 3.8) is 0 Å². The van der Waals surface area contributed by atoms with Gasteiger partial charge in [-0.25, -0.2) is 0 Å². The molecule has 0 amide bonds. The first-order valence-corrected chi connectivity index (χ1v) is 12.5. The van der Waals surface area contributed by atoms with E-state index in [4.69, 9.17) is 0 Å². The van der Waals surface area contributed by atoms with Gasteiger partial charge in [0, 0.05) is 0 Å². The van der Waals surface area contributed by atoms with Gasteiger partial charge in [0.1, 0.15) is 0 Å². The van der Waals surface area contributed by atoms with Gasteiger partial charge in [-0.2, -0.15) is 24.1 Å². The summed E-state index contributed by atoms with van der Waals surface area (Å²) in [6.07, 6.45) is 2.10. The molecule has 0 aromatic heterocycles. The summed E-state index contributed by atoms with van der Waals surface area (Å²) in [4.78, 5) is 0. The Morgan fingerprint density at radius 1 is 1.18 bits per heavy atom. The molecule has 0 unspecified atom stereocenters. The van der Waals surface area contributed by atoms with Gasteiger partial charge in [-0.1, -0.05) is 12.5 Å². The standard InChI is InChI=1S/C9H11.HI.Zn/c1-3-9-6-4-8(2)5-7-9;;/h3-7H,1-2H3;1H;/q-1;;+2/p-1. The third kappa shape index (κ3) is 4.81. The number of halogens is 1. The van der Waals surface area contributed by atoms with E-state index < -0.39 is 0 Å². The summed E-state index contributed by atoms with van der Waals surface area (Å²) in [5, 5.41) is 0. The van der Waals surface area contributed by atoms with Crippen LogP contribution < -0.4 is 0 Å². The monoisotopic (exact) mass is 310 g/mol. The van der Waals surface area contributed by atoms with Crippen LogP contribution in [0, 0.1) is 13.3 Å². The quantitative estimate of drug-likeness (QED) is 0.423. The SMILES string of the molecule is C[CH-]c1ccc(C)cc1.[Zn+][I]. The molecule has 0 heterocycles. The molecular formula is C9H11IZn. The number of hydrogen-bond donors (Lipinski definition) is 0. The molecule has 1 aromatic rings. The number of hydrogen-bond acceptors (Lipinski definition) is 0. The summed E-state index contributed by atoms with van der Waals surface area (Å²) >= 11 is 3.62. The van der Waals surface area contributed by atoms with Crippen LogP contribution in [0.15, 0.2) is 24.3 Å². The van der Waals surface area contributed by atoms with Gasteiger partial charge in [0.2, 0.25) is 0 Å². The summed E-state index contributed by atoms with van der Waals surface area (Å²) in [6, 6.07) is 8.48. The van der Waals surface area contributed by atoms with E-state index in [9.17, 15) is 0 Å². The minimum absolute atomic E-state index is 1.29. The van der Waals surface area contributed by atoms with E-state index >= 15 is 0 Å². The van der Waals surface area contributed by atoms with Crippen LogP contribution in [0.2, 0.25) is 0 Å². The summed E-state index contributed by atoms with van der Waals surface area (Å²) in [5.41, 5.74) is 2.61. The van der Waals surface area contributed by atoms with Crippen molar-refractivity contribution in [2.75, 3.05) is 0 Å². The summed E-state index contributed by atoms with van der Waals surface area (Å²) in [5.74, 6) is 0. The molecule has 2 heteroatoms. The Morgan fingerprint density at radius 3 is 2.00 bits per heavy atom. The molecule has 0 aliphatic carbocycles. The van der Waals surface area contributed by atoms with Crippen molar-refractivity contribution in [2.24, 2.45) is 0 Å². The number of rotatable bonds is 1. The summed E-state index contributed by atoms with van der Waals surface area (Å²) < 4.78 is 0. The third-order valence-corrected chi connectivity index (χ3v) is 1.41. The Balaban J connectivity index is 0.000000461. The van der Waals surface area contributed by atoms with Crippen LogP contribution in [0.5, 0.6) is 0 Å². The minimum atomic E-state index is 1.29. The summed E-state index contributed by atoms with van der Waals surface area (Å²) in [6.45, 7) is 4.14. The average Bonchev–Trinajstić information content (AvgIpc) is 2.10. The van der Waals surface area contributed by atoms with Crippen LogP contribution in [0.25, 0.3) is 0 Å². The molecule has 0 aliphatic rings. The van der Waals surface area contributed by atoms with Crippen LogP contribution in [0.4, 0.5) is 0 Å². The molecule has 1 rings (SSSR count). The van der Waals surface area contributed by atoms with Crippen molar-refractivity contribution in [3.05, 3.63) is 41.8 Å². The molecule has 0 fully saturated rings. The van der Waals surface area contributed by atoms with Gasteiger partial charge in [-0.05, 0) is 6.92 Å². The molecular weight excluding hydrogens is 300 g/mol. The molecule has 0 spiro atoms. The maximum atomic E-state index is 2.28. The topological polar surface area (TPSA) is 0 Å². The van der Waals surface area contributed by atoms with E-state index in [1.54, 1.807) is 0 Å². The van der Waals surface area contributed by atoms with Gasteiger partial charge >= 0.3 is 34.5 Å². The Kier molecular flexibility index (Phi) is 7.40. The predicted octanol–water partition coefficient (Wildman–Crippen LogP) is 3.45. The zero-order valence-corrected chi connectivity index (χ0v) is 12.1. The molecule has 0 radical (unpaired) electrons. The van der Waals surface area contributed by atoms with Crippen molar-refractivity contribution >= 4 is 19.8 Å². The molecule has 56 valence electrons. The second-order valence-electron chi connectivity index (χ2n) is 2.20. The fourth-order valence-corrected chi connectivity index (χ4v) is 0.759.